The zero-order valence-corrected chi connectivity index (χ0v) is 23.6. The van der Waals surface area contributed by atoms with Crippen LogP contribution in [0.1, 0.15) is 59.2 Å². The maximum atomic E-state index is 13.2. The van der Waals surface area contributed by atoms with Crippen molar-refractivity contribution in [2.75, 3.05) is 40.8 Å². The van der Waals surface area contributed by atoms with Crippen LogP contribution in [-0.4, -0.2) is 70.0 Å². The number of ether oxygens (including phenoxy) is 1. The smallest absolute Gasteiger partial charge is 0.243 e. The molecule has 0 aliphatic carbocycles. The molecule has 1 aliphatic heterocycles. The van der Waals surface area contributed by atoms with Crippen LogP contribution in [0.25, 0.3) is 0 Å². The first kappa shape index (κ1) is 29.0. The quantitative estimate of drug-likeness (QED) is 0.379. The minimum Gasteiger partial charge on any atom is -0.497 e. The fourth-order valence-corrected chi connectivity index (χ4v) is 6.52. The summed E-state index contributed by atoms with van der Waals surface area (Å²) in [5, 5.41) is 0. The van der Waals surface area contributed by atoms with Crippen molar-refractivity contribution in [3.8, 4) is 5.75 Å². The number of hydrogen-bond acceptors (Lipinski definition) is 6. The predicted molar refractivity (Wildman–Crippen MR) is 146 cm³/mol. The van der Waals surface area contributed by atoms with Gasteiger partial charge in [-0.2, -0.15) is 0 Å². The number of Topliss-reactive ketones (excluding diaryl/α,β-unsaturated/α-hetero) is 2. The van der Waals surface area contributed by atoms with Crippen molar-refractivity contribution in [2.45, 2.75) is 57.3 Å². The molecule has 0 amide bonds. The molecule has 0 radical (unpaired) electrons. The Labute approximate surface area is 221 Å². The van der Waals surface area contributed by atoms with Gasteiger partial charge in [-0.25, -0.2) is 12.7 Å². The van der Waals surface area contributed by atoms with Crippen molar-refractivity contribution in [1.82, 2.24) is 9.21 Å². The largest absolute Gasteiger partial charge is 0.497 e. The van der Waals surface area contributed by atoms with Crippen molar-refractivity contribution in [3.63, 3.8) is 0 Å². The minimum absolute atomic E-state index is 0.0495. The summed E-state index contributed by atoms with van der Waals surface area (Å²) >= 11 is 0. The zero-order valence-electron chi connectivity index (χ0n) is 22.7. The normalized spacial score (nSPS) is 15.2. The monoisotopic (exact) mass is 528 g/mol. The molecule has 1 aliphatic rings. The number of likely N-dealkylation sites (tertiary alicyclic amines) is 1. The maximum absolute atomic E-state index is 13.2. The second-order valence-corrected chi connectivity index (χ2v) is 12.3. The van der Waals surface area contributed by atoms with E-state index in [0.29, 0.717) is 34.8 Å². The maximum Gasteiger partial charge on any atom is 0.243 e. The van der Waals surface area contributed by atoms with Crippen LogP contribution in [0.15, 0.2) is 41.3 Å². The van der Waals surface area contributed by atoms with Crippen LogP contribution in [0.4, 0.5) is 0 Å². The molecule has 0 unspecified atom stereocenters. The summed E-state index contributed by atoms with van der Waals surface area (Å²) in [5.41, 5.74) is 2.72. The summed E-state index contributed by atoms with van der Waals surface area (Å²) in [6.07, 6.45) is 4.11. The molecule has 0 saturated carbocycles. The molecule has 2 aromatic carbocycles. The van der Waals surface area contributed by atoms with E-state index in [2.05, 4.69) is 11.9 Å². The van der Waals surface area contributed by atoms with E-state index >= 15 is 0 Å². The van der Waals surface area contributed by atoms with E-state index in [1.165, 1.54) is 11.4 Å². The molecule has 0 aromatic heterocycles. The number of benzene rings is 2. The number of methoxy groups -OCH3 is 1. The fourth-order valence-electron chi connectivity index (χ4n) is 4.95. The topological polar surface area (TPSA) is 84.0 Å². The molecule has 1 saturated heterocycles. The van der Waals surface area contributed by atoms with E-state index in [1.807, 2.05) is 12.1 Å². The average Bonchev–Trinajstić information content (AvgIpc) is 2.86. The number of sulfonamides is 1. The van der Waals surface area contributed by atoms with E-state index in [0.717, 1.165) is 37.9 Å². The Kier molecular flexibility index (Phi) is 10.0. The molecule has 202 valence electrons. The lowest BCUT2D eigenvalue weighted by molar-refractivity contribution is -0.118. The molecule has 3 rings (SSSR count). The first-order valence-electron chi connectivity index (χ1n) is 12.9. The summed E-state index contributed by atoms with van der Waals surface area (Å²) in [5.74, 6) is 1.33. The number of carbonyl (C=O) groups excluding carboxylic acids is 2. The molecule has 0 bridgehead atoms. The lowest BCUT2D eigenvalue weighted by Crippen LogP contribution is -2.30. The molecule has 2 aromatic rings. The van der Waals surface area contributed by atoms with Crippen LogP contribution in [0.5, 0.6) is 5.75 Å². The molecule has 0 atom stereocenters. The summed E-state index contributed by atoms with van der Waals surface area (Å²) in [6, 6.07) is 10.6. The molecular formula is C29H40N2O5S. The second kappa shape index (κ2) is 12.8. The lowest BCUT2D eigenvalue weighted by Gasteiger charge is -2.28. The van der Waals surface area contributed by atoms with Crippen molar-refractivity contribution in [3.05, 3.63) is 58.7 Å². The molecule has 0 spiro atoms. The van der Waals surface area contributed by atoms with Crippen molar-refractivity contribution >= 4 is 21.6 Å². The highest BCUT2D eigenvalue weighted by molar-refractivity contribution is 7.89. The lowest BCUT2D eigenvalue weighted by atomic mass is 9.90. The Bertz CT molecular complexity index is 1180. The first-order chi connectivity index (χ1) is 17.5. The fraction of sp³-hybridized carbons (Fsp3) is 0.517. The SMILES string of the molecule is COc1cc(C)c(S(=O)(=O)N(C)CCC(=O)Cc2ccc(C(=O)CCC3CCN(C)CC3)cc2)c(C)c1. The van der Waals surface area contributed by atoms with Crippen LogP contribution in [0.3, 0.4) is 0 Å². The van der Waals surface area contributed by atoms with Gasteiger partial charge >= 0.3 is 0 Å². The van der Waals surface area contributed by atoms with E-state index in [1.54, 1.807) is 45.2 Å². The number of rotatable bonds is 12. The van der Waals surface area contributed by atoms with Crippen LogP contribution >= 0.6 is 0 Å². The van der Waals surface area contributed by atoms with Gasteiger partial charge in [0.05, 0.1) is 12.0 Å². The Hall–Kier alpha value is -2.55. The molecule has 37 heavy (non-hydrogen) atoms. The van der Waals surface area contributed by atoms with Crippen LogP contribution in [0.2, 0.25) is 0 Å². The number of piperidine rings is 1. The van der Waals surface area contributed by atoms with Crippen molar-refractivity contribution in [2.24, 2.45) is 5.92 Å². The third kappa shape index (κ3) is 7.72. The standard InChI is InChI=1S/C29H40N2O5S/c1-21-18-27(36-5)19-22(2)29(21)37(34,35)31(4)17-14-26(32)20-24-6-9-25(10-7-24)28(33)11-8-23-12-15-30(3)16-13-23/h6-7,9-10,18-19,23H,8,11-17,20H2,1-5H3. The van der Waals surface area contributed by atoms with Gasteiger partial charge in [-0.1, -0.05) is 24.3 Å². The molecule has 8 heteroatoms. The van der Waals surface area contributed by atoms with Gasteiger partial charge in [-0.05, 0) is 88.0 Å². The molecule has 1 heterocycles. The first-order valence-corrected chi connectivity index (χ1v) is 14.4. The molecule has 1 fully saturated rings. The predicted octanol–water partition coefficient (Wildman–Crippen LogP) is 4.44. The van der Waals surface area contributed by atoms with Gasteiger partial charge in [-0.3, -0.25) is 9.59 Å². The third-order valence-electron chi connectivity index (χ3n) is 7.34. The number of ketones is 2. The van der Waals surface area contributed by atoms with Crippen LogP contribution < -0.4 is 4.74 Å². The van der Waals surface area contributed by atoms with E-state index < -0.39 is 10.0 Å². The minimum atomic E-state index is -3.74. The van der Waals surface area contributed by atoms with Gasteiger partial charge in [0.25, 0.3) is 0 Å². The Balaban J connectivity index is 1.50. The van der Waals surface area contributed by atoms with Gasteiger partial charge in [0.15, 0.2) is 5.78 Å². The number of aryl methyl sites for hydroxylation is 2. The third-order valence-corrected chi connectivity index (χ3v) is 9.50. The molecule has 7 nitrogen and oxygen atoms in total. The highest BCUT2D eigenvalue weighted by Crippen LogP contribution is 2.28. The Morgan fingerprint density at radius 1 is 1.03 bits per heavy atom. The highest BCUT2D eigenvalue weighted by Gasteiger charge is 2.26. The van der Waals surface area contributed by atoms with Crippen molar-refractivity contribution < 1.29 is 22.7 Å². The highest BCUT2D eigenvalue weighted by atomic mass is 32.2. The van der Waals surface area contributed by atoms with Crippen LogP contribution in [0, 0.1) is 19.8 Å². The Morgan fingerprint density at radius 3 is 2.19 bits per heavy atom. The Morgan fingerprint density at radius 2 is 1.62 bits per heavy atom. The second-order valence-electron chi connectivity index (χ2n) is 10.3. The van der Waals surface area contributed by atoms with Crippen LogP contribution in [-0.2, 0) is 21.2 Å². The van der Waals surface area contributed by atoms with Gasteiger partial charge in [0.1, 0.15) is 11.5 Å². The number of nitrogens with zero attached hydrogens (tertiary/aromatic N) is 2. The summed E-state index contributed by atoms with van der Waals surface area (Å²) in [6.45, 7) is 5.78. The van der Waals surface area contributed by atoms with Gasteiger partial charge in [-0.15, -0.1) is 0 Å². The summed E-state index contributed by atoms with van der Waals surface area (Å²) in [4.78, 5) is 27.8. The van der Waals surface area contributed by atoms with E-state index in [9.17, 15) is 18.0 Å². The summed E-state index contributed by atoms with van der Waals surface area (Å²) < 4.78 is 32.8. The number of carbonyl (C=O) groups is 2. The van der Waals surface area contributed by atoms with E-state index in [4.69, 9.17) is 4.74 Å². The van der Waals surface area contributed by atoms with Gasteiger partial charge in [0.2, 0.25) is 10.0 Å². The van der Waals surface area contributed by atoms with E-state index in [-0.39, 0.29) is 35.8 Å². The number of hydrogen-bond donors (Lipinski definition) is 0. The zero-order chi connectivity index (χ0) is 27.2. The average molecular weight is 529 g/mol. The van der Waals surface area contributed by atoms with Gasteiger partial charge in [0, 0.05) is 38.4 Å². The van der Waals surface area contributed by atoms with Crippen molar-refractivity contribution in [1.29, 1.82) is 0 Å². The summed E-state index contributed by atoms with van der Waals surface area (Å²) in [7, 11) is 1.44. The molecule has 0 N–H and O–H groups in total. The molecular weight excluding hydrogens is 488 g/mol. The van der Waals surface area contributed by atoms with Gasteiger partial charge < -0.3 is 9.64 Å².